The van der Waals surface area contributed by atoms with E-state index < -0.39 is 5.82 Å². The molecular formula is C24H23FN2O3. The zero-order chi connectivity index (χ0) is 21.8. The molecule has 0 aliphatic rings. The number of aryl methyl sites for hydroxylation is 1. The van der Waals surface area contributed by atoms with Gasteiger partial charge in [0, 0.05) is 30.7 Å². The molecule has 0 heterocycles. The van der Waals surface area contributed by atoms with Crippen molar-refractivity contribution in [3.63, 3.8) is 0 Å². The van der Waals surface area contributed by atoms with Crippen LogP contribution in [0.3, 0.4) is 0 Å². The highest BCUT2D eigenvalue weighted by atomic mass is 19.1. The molecular weight excluding hydrogens is 383 g/mol. The number of carbonyl (C=O) groups is 2. The fraction of sp³-hybridized carbons (Fsp3) is 0.167. The van der Waals surface area contributed by atoms with Gasteiger partial charge in [-0.3, -0.25) is 9.59 Å². The third-order valence-corrected chi connectivity index (χ3v) is 4.73. The molecule has 0 aromatic heterocycles. The Morgan fingerprint density at radius 2 is 1.40 bits per heavy atom. The van der Waals surface area contributed by atoms with Crippen LogP contribution < -0.4 is 10.6 Å². The molecule has 3 rings (SSSR count). The highest BCUT2D eigenvalue weighted by Gasteiger charge is 2.14. The van der Waals surface area contributed by atoms with Crippen LogP contribution in [0.15, 0.2) is 54.6 Å². The molecule has 5 nitrogen and oxygen atoms in total. The number of hydrogen-bond acceptors (Lipinski definition) is 3. The third kappa shape index (κ3) is 4.49. The molecule has 6 heteroatoms. The van der Waals surface area contributed by atoms with E-state index in [4.69, 9.17) is 0 Å². The van der Waals surface area contributed by atoms with Gasteiger partial charge in [-0.25, -0.2) is 4.39 Å². The van der Waals surface area contributed by atoms with Gasteiger partial charge in [0.05, 0.1) is 5.69 Å². The zero-order valence-electron chi connectivity index (χ0n) is 17.0. The number of amides is 2. The van der Waals surface area contributed by atoms with Crippen LogP contribution in [0.5, 0.6) is 5.75 Å². The molecule has 3 N–H and O–H groups in total. The van der Waals surface area contributed by atoms with Gasteiger partial charge in [-0.15, -0.1) is 0 Å². The van der Waals surface area contributed by atoms with Gasteiger partial charge in [0.25, 0.3) is 0 Å². The minimum atomic E-state index is -0.583. The average Bonchev–Trinajstić information content (AvgIpc) is 2.69. The maximum absolute atomic E-state index is 14.4. The number of hydrogen-bond donors (Lipinski definition) is 3. The second-order valence-corrected chi connectivity index (χ2v) is 6.98. The number of carbonyl (C=O) groups excluding carboxylic acids is 2. The number of para-hydroxylation sites is 1. The van der Waals surface area contributed by atoms with Gasteiger partial charge >= 0.3 is 0 Å². The molecule has 3 aromatic rings. The highest BCUT2D eigenvalue weighted by Crippen LogP contribution is 2.39. The molecule has 0 atom stereocenters. The Hall–Kier alpha value is -3.67. The molecule has 0 bridgehead atoms. The molecule has 0 fully saturated rings. The molecule has 2 amide bonds. The van der Waals surface area contributed by atoms with Crippen LogP contribution in [0.4, 0.5) is 15.8 Å². The maximum atomic E-state index is 14.4. The van der Waals surface area contributed by atoms with Gasteiger partial charge in [-0.2, -0.15) is 0 Å². The van der Waals surface area contributed by atoms with Gasteiger partial charge < -0.3 is 15.7 Å². The lowest BCUT2D eigenvalue weighted by atomic mass is 9.95. The first-order chi connectivity index (χ1) is 14.3. The Morgan fingerprint density at radius 1 is 0.867 bits per heavy atom. The number of benzene rings is 3. The number of nitrogens with one attached hydrogen (secondary N) is 2. The molecule has 0 aliphatic carbocycles. The van der Waals surface area contributed by atoms with Crippen molar-refractivity contribution in [1.29, 1.82) is 0 Å². The van der Waals surface area contributed by atoms with E-state index >= 15 is 0 Å². The molecule has 0 radical (unpaired) electrons. The summed E-state index contributed by atoms with van der Waals surface area (Å²) in [6.45, 7) is 4.75. The van der Waals surface area contributed by atoms with Crippen molar-refractivity contribution in [3.8, 4) is 28.0 Å². The topological polar surface area (TPSA) is 78.4 Å². The van der Waals surface area contributed by atoms with Crippen LogP contribution in [0, 0.1) is 5.82 Å². The predicted octanol–water partition coefficient (Wildman–Crippen LogP) is 5.34. The largest absolute Gasteiger partial charge is 0.507 e. The molecule has 154 valence electrons. The van der Waals surface area contributed by atoms with Crippen LogP contribution in [0.25, 0.3) is 22.3 Å². The fourth-order valence-electron chi connectivity index (χ4n) is 3.35. The lowest BCUT2D eigenvalue weighted by Crippen LogP contribution is -2.08. The van der Waals surface area contributed by atoms with E-state index in [9.17, 15) is 19.1 Å². The van der Waals surface area contributed by atoms with Gasteiger partial charge in [0.1, 0.15) is 11.6 Å². The van der Waals surface area contributed by atoms with E-state index in [2.05, 4.69) is 10.6 Å². The van der Waals surface area contributed by atoms with Gasteiger partial charge in [0.15, 0.2) is 0 Å². The monoisotopic (exact) mass is 406 g/mol. The summed E-state index contributed by atoms with van der Waals surface area (Å²) in [4.78, 5) is 22.6. The summed E-state index contributed by atoms with van der Waals surface area (Å²) >= 11 is 0. The first kappa shape index (κ1) is 21.0. The van der Waals surface area contributed by atoms with Crippen LogP contribution in [0.2, 0.25) is 0 Å². The highest BCUT2D eigenvalue weighted by molar-refractivity contribution is 5.91. The van der Waals surface area contributed by atoms with Crippen molar-refractivity contribution in [2.75, 3.05) is 10.6 Å². The Balaban J connectivity index is 2.03. The molecule has 0 unspecified atom stereocenters. The zero-order valence-corrected chi connectivity index (χ0v) is 17.0. The summed E-state index contributed by atoms with van der Waals surface area (Å²) in [5.41, 5.74) is 4.12. The lowest BCUT2D eigenvalue weighted by Gasteiger charge is -2.14. The van der Waals surface area contributed by atoms with E-state index in [1.807, 2.05) is 25.1 Å². The first-order valence-corrected chi connectivity index (χ1v) is 9.60. The van der Waals surface area contributed by atoms with Crippen molar-refractivity contribution >= 4 is 23.2 Å². The summed E-state index contributed by atoms with van der Waals surface area (Å²) in [5.74, 6) is -1.06. The van der Waals surface area contributed by atoms with Crippen LogP contribution in [-0.4, -0.2) is 16.9 Å². The summed E-state index contributed by atoms with van der Waals surface area (Å²) in [6, 6.07) is 15.2. The summed E-state index contributed by atoms with van der Waals surface area (Å²) in [7, 11) is 0. The third-order valence-electron chi connectivity index (χ3n) is 4.73. The minimum Gasteiger partial charge on any atom is -0.507 e. The van der Waals surface area contributed by atoms with Gasteiger partial charge in [-0.1, -0.05) is 37.3 Å². The van der Waals surface area contributed by atoms with Crippen LogP contribution in [-0.2, 0) is 16.0 Å². The second-order valence-electron chi connectivity index (χ2n) is 6.98. The van der Waals surface area contributed by atoms with E-state index in [0.717, 1.165) is 16.8 Å². The number of phenolic OH excluding ortho intramolecular Hbond substituents is 1. The van der Waals surface area contributed by atoms with E-state index in [0.29, 0.717) is 23.1 Å². The Labute approximate surface area is 174 Å². The quantitative estimate of drug-likeness (QED) is 0.535. The number of phenols is 1. The van der Waals surface area contributed by atoms with Crippen molar-refractivity contribution < 1.29 is 19.1 Å². The summed E-state index contributed by atoms with van der Waals surface area (Å²) < 4.78 is 14.4. The molecule has 0 aliphatic heterocycles. The molecule has 0 saturated heterocycles. The van der Waals surface area contributed by atoms with E-state index in [1.165, 1.54) is 26.0 Å². The number of aromatic hydroxyl groups is 1. The van der Waals surface area contributed by atoms with Crippen LogP contribution in [0.1, 0.15) is 26.3 Å². The van der Waals surface area contributed by atoms with Crippen molar-refractivity contribution in [1.82, 2.24) is 0 Å². The van der Waals surface area contributed by atoms with E-state index in [-0.39, 0.29) is 23.3 Å². The predicted molar refractivity (Wildman–Crippen MR) is 117 cm³/mol. The lowest BCUT2D eigenvalue weighted by molar-refractivity contribution is -0.115. The smallest absolute Gasteiger partial charge is 0.221 e. The van der Waals surface area contributed by atoms with Crippen molar-refractivity contribution in [2.45, 2.75) is 27.2 Å². The fourth-order valence-corrected chi connectivity index (χ4v) is 3.35. The minimum absolute atomic E-state index is 0.0264. The van der Waals surface area contributed by atoms with Crippen molar-refractivity contribution in [3.05, 3.63) is 66.0 Å². The first-order valence-electron chi connectivity index (χ1n) is 9.60. The SMILES string of the molecule is CCc1cc(-c2cccc(-c3ccc(NC(C)=O)c(F)c3)c2O)ccc1NC(C)=O. The standard InChI is InChI=1S/C24H23FN2O3/c1-4-16-12-17(8-10-22(16)26-14(2)28)19-6-5-7-20(24(19)30)18-9-11-23(21(25)13-18)27-15(3)29/h5-13,30H,4H2,1-3H3,(H,26,28)(H,27,29). The number of halogens is 1. The average molecular weight is 406 g/mol. The Kier molecular flexibility index (Phi) is 6.16. The summed E-state index contributed by atoms with van der Waals surface area (Å²) in [6.07, 6.45) is 0.708. The maximum Gasteiger partial charge on any atom is 0.221 e. The molecule has 3 aromatic carbocycles. The normalized spacial score (nSPS) is 10.5. The van der Waals surface area contributed by atoms with Gasteiger partial charge in [-0.05, 0) is 47.4 Å². The van der Waals surface area contributed by atoms with E-state index in [1.54, 1.807) is 24.3 Å². The van der Waals surface area contributed by atoms with Crippen molar-refractivity contribution in [2.24, 2.45) is 0 Å². The molecule has 0 spiro atoms. The Bertz CT molecular complexity index is 1130. The van der Waals surface area contributed by atoms with Gasteiger partial charge in [0.2, 0.25) is 11.8 Å². The number of rotatable bonds is 5. The Morgan fingerprint density at radius 3 is 1.93 bits per heavy atom. The van der Waals surface area contributed by atoms with Crippen LogP contribution >= 0.6 is 0 Å². The summed E-state index contributed by atoms with van der Waals surface area (Å²) in [5, 5.41) is 16.2. The number of anilines is 2. The second kappa shape index (κ2) is 8.78. The molecule has 30 heavy (non-hydrogen) atoms. The molecule has 0 saturated carbocycles.